The number of hydrogen-bond donors (Lipinski definition) is 2. The summed E-state index contributed by atoms with van der Waals surface area (Å²) in [6.07, 6.45) is 9.16. The third kappa shape index (κ3) is 4.68. The maximum atomic E-state index is 13.2. The minimum Gasteiger partial charge on any atom is -0.334 e. The summed E-state index contributed by atoms with van der Waals surface area (Å²) in [6, 6.07) is 14.0. The number of nitrogens with one attached hydrogen (secondary N) is 1. The van der Waals surface area contributed by atoms with Crippen molar-refractivity contribution in [3.05, 3.63) is 66.6 Å². The molecule has 1 aliphatic rings. The van der Waals surface area contributed by atoms with Crippen LogP contribution in [0.4, 0.5) is 10.6 Å². The smallest absolute Gasteiger partial charge is 0.323 e. The first-order valence-corrected chi connectivity index (χ1v) is 10.4. The van der Waals surface area contributed by atoms with Crippen LogP contribution in [0.25, 0.3) is 11.1 Å². The molecule has 2 heterocycles. The molecule has 30 heavy (non-hydrogen) atoms. The Hall–Kier alpha value is -3.19. The lowest BCUT2D eigenvalue weighted by Gasteiger charge is -2.35. The normalized spacial score (nSPS) is 18.7. The molecule has 1 fully saturated rings. The lowest BCUT2D eigenvalue weighted by atomic mass is 9.91. The number of aromatic nitrogens is 3. The Bertz CT molecular complexity index is 961. The SMILES string of the molecule is Cn1cc(-c2ccc(N(C(=O)NCc3ccccc3)[C@H]3CC[C@H](N)CC3)nc2)cn1. The zero-order valence-electron chi connectivity index (χ0n) is 17.2. The Kier molecular flexibility index (Phi) is 6.09. The molecule has 0 spiro atoms. The van der Waals surface area contributed by atoms with E-state index in [-0.39, 0.29) is 18.1 Å². The summed E-state index contributed by atoms with van der Waals surface area (Å²) < 4.78 is 1.76. The molecular formula is C23H28N6O. The lowest BCUT2D eigenvalue weighted by molar-refractivity contribution is 0.239. The maximum Gasteiger partial charge on any atom is 0.323 e. The minimum absolute atomic E-state index is 0.0947. The second kappa shape index (κ2) is 9.09. The summed E-state index contributed by atoms with van der Waals surface area (Å²) in [5, 5.41) is 7.27. The van der Waals surface area contributed by atoms with Crippen LogP contribution in [-0.4, -0.2) is 32.9 Å². The molecule has 1 aromatic carbocycles. The Morgan fingerprint density at radius 1 is 1.10 bits per heavy atom. The van der Waals surface area contributed by atoms with Gasteiger partial charge in [0, 0.05) is 49.2 Å². The van der Waals surface area contributed by atoms with Gasteiger partial charge >= 0.3 is 6.03 Å². The number of nitrogens with two attached hydrogens (primary N) is 1. The first-order chi connectivity index (χ1) is 14.6. The average Bonchev–Trinajstić information content (AvgIpc) is 3.21. The molecule has 7 nitrogen and oxygen atoms in total. The molecule has 0 atom stereocenters. The number of nitrogens with zero attached hydrogens (tertiary/aromatic N) is 4. The van der Waals surface area contributed by atoms with Crippen molar-refractivity contribution in [3.8, 4) is 11.1 Å². The van der Waals surface area contributed by atoms with Gasteiger partial charge in [0.2, 0.25) is 0 Å². The highest BCUT2D eigenvalue weighted by Gasteiger charge is 2.29. The zero-order chi connectivity index (χ0) is 20.9. The first kappa shape index (κ1) is 20.1. The largest absolute Gasteiger partial charge is 0.334 e. The van der Waals surface area contributed by atoms with Gasteiger partial charge in [-0.2, -0.15) is 5.10 Å². The van der Waals surface area contributed by atoms with Crippen molar-refractivity contribution in [2.45, 2.75) is 44.3 Å². The quantitative estimate of drug-likeness (QED) is 0.681. The van der Waals surface area contributed by atoms with Crippen molar-refractivity contribution >= 4 is 11.8 Å². The Labute approximate surface area is 176 Å². The van der Waals surface area contributed by atoms with Crippen LogP contribution >= 0.6 is 0 Å². The van der Waals surface area contributed by atoms with Crippen LogP contribution in [0, 0.1) is 0 Å². The van der Waals surface area contributed by atoms with E-state index in [9.17, 15) is 4.79 Å². The van der Waals surface area contributed by atoms with Crippen LogP contribution in [-0.2, 0) is 13.6 Å². The molecule has 7 heteroatoms. The molecule has 4 rings (SSSR count). The lowest BCUT2D eigenvalue weighted by Crippen LogP contribution is -2.49. The molecule has 156 valence electrons. The summed E-state index contributed by atoms with van der Waals surface area (Å²) in [6.45, 7) is 0.482. The van der Waals surface area contributed by atoms with Crippen LogP contribution in [0.5, 0.6) is 0 Å². The van der Waals surface area contributed by atoms with E-state index in [1.807, 2.05) is 66.8 Å². The molecule has 0 unspecified atom stereocenters. The molecule has 2 amide bonds. The van der Waals surface area contributed by atoms with Crippen molar-refractivity contribution in [2.24, 2.45) is 12.8 Å². The third-order valence-electron chi connectivity index (χ3n) is 5.64. The van der Waals surface area contributed by atoms with Crippen molar-refractivity contribution in [1.82, 2.24) is 20.1 Å². The molecule has 0 aliphatic heterocycles. The second-order valence-electron chi connectivity index (χ2n) is 7.89. The van der Waals surface area contributed by atoms with Gasteiger partial charge in [-0.3, -0.25) is 9.58 Å². The number of benzene rings is 1. The van der Waals surface area contributed by atoms with Crippen molar-refractivity contribution in [1.29, 1.82) is 0 Å². The minimum atomic E-state index is -0.124. The van der Waals surface area contributed by atoms with Gasteiger partial charge in [-0.15, -0.1) is 0 Å². The summed E-state index contributed by atoms with van der Waals surface area (Å²) in [4.78, 5) is 19.6. The molecule has 3 aromatic rings. The van der Waals surface area contributed by atoms with Gasteiger partial charge in [-0.25, -0.2) is 9.78 Å². The van der Waals surface area contributed by atoms with E-state index in [2.05, 4.69) is 15.4 Å². The first-order valence-electron chi connectivity index (χ1n) is 10.4. The van der Waals surface area contributed by atoms with E-state index >= 15 is 0 Å². The Morgan fingerprint density at radius 2 is 1.87 bits per heavy atom. The highest BCUT2D eigenvalue weighted by molar-refractivity contribution is 5.91. The number of carbonyl (C=O) groups is 1. The van der Waals surface area contributed by atoms with Crippen LogP contribution < -0.4 is 16.0 Å². The van der Waals surface area contributed by atoms with E-state index in [0.717, 1.165) is 42.4 Å². The Balaban J connectivity index is 1.54. The summed E-state index contributed by atoms with van der Waals surface area (Å²) in [7, 11) is 1.89. The van der Waals surface area contributed by atoms with Crippen LogP contribution in [0.3, 0.4) is 0 Å². The number of aryl methyl sites for hydroxylation is 1. The number of amides is 2. The number of urea groups is 1. The monoisotopic (exact) mass is 404 g/mol. The van der Waals surface area contributed by atoms with Gasteiger partial charge in [0.1, 0.15) is 5.82 Å². The van der Waals surface area contributed by atoms with E-state index in [0.29, 0.717) is 12.4 Å². The predicted octanol–water partition coefficient (Wildman–Crippen LogP) is 3.47. The molecule has 3 N–H and O–H groups in total. The molecule has 2 aromatic heterocycles. The fourth-order valence-corrected chi connectivity index (χ4v) is 3.95. The topological polar surface area (TPSA) is 89.1 Å². The zero-order valence-corrected chi connectivity index (χ0v) is 17.2. The van der Waals surface area contributed by atoms with Crippen molar-refractivity contribution in [3.63, 3.8) is 0 Å². The molecule has 0 saturated heterocycles. The van der Waals surface area contributed by atoms with Gasteiger partial charge < -0.3 is 11.1 Å². The number of hydrogen-bond acceptors (Lipinski definition) is 4. The van der Waals surface area contributed by atoms with Gasteiger partial charge in [-0.1, -0.05) is 30.3 Å². The highest BCUT2D eigenvalue weighted by atomic mass is 16.2. The van der Waals surface area contributed by atoms with Crippen LogP contribution in [0.15, 0.2) is 61.1 Å². The van der Waals surface area contributed by atoms with Crippen LogP contribution in [0.2, 0.25) is 0 Å². The number of anilines is 1. The average molecular weight is 405 g/mol. The standard InChI is InChI=1S/C23H28N6O/c1-28-16-19(15-27-28)18-7-12-22(25-14-18)29(21-10-8-20(24)9-11-21)23(30)26-13-17-5-3-2-4-6-17/h2-7,12,14-16,20-21H,8-11,13,24H2,1H3,(H,26,30)/t20-,21-. The molecular weight excluding hydrogens is 376 g/mol. The second-order valence-corrected chi connectivity index (χ2v) is 7.89. The molecule has 0 radical (unpaired) electrons. The fraction of sp³-hybridized carbons (Fsp3) is 0.348. The Morgan fingerprint density at radius 3 is 2.50 bits per heavy atom. The highest BCUT2D eigenvalue weighted by Crippen LogP contribution is 2.27. The molecule has 0 bridgehead atoms. The van der Waals surface area contributed by atoms with Crippen molar-refractivity contribution < 1.29 is 4.79 Å². The number of rotatable bonds is 5. The van der Waals surface area contributed by atoms with Gasteiger partial charge in [0.15, 0.2) is 0 Å². The molecule has 1 aliphatic carbocycles. The number of pyridine rings is 1. The summed E-state index contributed by atoms with van der Waals surface area (Å²) in [5.74, 6) is 0.661. The number of carbonyl (C=O) groups excluding carboxylic acids is 1. The third-order valence-corrected chi connectivity index (χ3v) is 5.64. The van der Waals surface area contributed by atoms with E-state index < -0.39 is 0 Å². The summed E-state index contributed by atoms with van der Waals surface area (Å²) >= 11 is 0. The van der Waals surface area contributed by atoms with Gasteiger partial charge in [0.05, 0.1) is 6.20 Å². The fourth-order valence-electron chi connectivity index (χ4n) is 3.95. The maximum absolute atomic E-state index is 13.2. The summed E-state index contributed by atoms with van der Waals surface area (Å²) in [5.41, 5.74) is 9.13. The van der Waals surface area contributed by atoms with Gasteiger partial charge in [0.25, 0.3) is 0 Å². The van der Waals surface area contributed by atoms with E-state index in [1.54, 1.807) is 10.9 Å². The molecule has 1 saturated carbocycles. The van der Waals surface area contributed by atoms with E-state index in [4.69, 9.17) is 5.73 Å². The van der Waals surface area contributed by atoms with E-state index in [1.165, 1.54) is 0 Å². The van der Waals surface area contributed by atoms with Crippen molar-refractivity contribution in [2.75, 3.05) is 4.90 Å². The van der Waals surface area contributed by atoms with Crippen LogP contribution in [0.1, 0.15) is 31.2 Å². The van der Waals surface area contributed by atoms with Gasteiger partial charge in [-0.05, 0) is 43.4 Å². The predicted molar refractivity (Wildman–Crippen MR) is 118 cm³/mol.